The fourth-order valence-corrected chi connectivity index (χ4v) is 1.64. The smallest absolute Gasteiger partial charge is 0.414 e. The first-order valence-electron chi connectivity index (χ1n) is 5.90. The average Bonchev–Trinajstić information content (AvgIpc) is 2.25. The monoisotopic (exact) mass is 238 g/mol. The molecular formula is C13H22N2O2. The highest BCUT2D eigenvalue weighted by Gasteiger charge is 2.23. The maximum atomic E-state index is 11.9. The third-order valence-corrected chi connectivity index (χ3v) is 2.43. The largest absolute Gasteiger partial charge is 0.443 e. The van der Waals surface area contributed by atoms with Crippen molar-refractivity contribution in [2.45, 2.75) is 39.2 Å². The summed E-state index contributed by atoms with van der Waals surface area (Å²) in [6, 6.07) is 0. The number of amides is 1. The minimum absolute atomic E-state index is 0.327. The first kappa shape index (κ1) is 13.6. The lowest BCUT2D eigenvalue weighted by atomic mass is 10.1. The van der Waals surface area contributed by atoms with Gasteiger partial charge in [0.15, 0.2) is 0 Å². The summed E-state index contributed by atoms with van der Waals surface area (Å²) in [7, 11) is 3.59. The van der Waals surface area contributed by atoms with Gasteiger partial charge in [0.2, 0.25) is 0 Å². The molecule has 96 valence electrons. The van der Waals surface area contributed by atoms with E-state index in [9.17, 15) is 4.79 Å². The molecule has 0 aromatic rings. The van der Waals surface area contributed by atoms with Crippen molar-refractivity contribution in [3.63, 3.8) is 0 Å². The molecule has 1 aliphatic carbocycles. The molecular weight excluding hydrogens is 216 g/mol. The molecule has 0 heterocycles. The van der Waals surface area contributed by atoms with Crippen LogP contribution >= 0.6 is 0 Å². The normalized spacial score (nSPS) is 15.8. The van der Waals surface area contributed by atoms with Gasteiger partial charge in [-0.25, -0.2) is 4.79 Å². The van der Waals surface area contributed by atoms with E-state index in [4.69, 9.17) is 4.74 Å². The lowest BCUT2D eigenvalue weighted by molar-refractivity contribution is 0.0355. The second-order valence-electron chi connectivity index (χ2n) is 5.07. The van der Waals surface area contributed by atoms with Gasteiger partial charge < -0.3 is 10.1 Å². The van der Waals surface area contributed by atoms with Crippen LogP contribution in [-0.2, 0) is 4.74 Å². The van der Waals surface area contributed by atoms with Crippen LogP contribution in [0.1, 0.15) is 33.6 Å². The fourth-order valence-electron chi connectivity index (χ4n) is 1.64. The molecule has 1 amide bonds. The SMILES string of the molecule is CNC1=CCCC=C1N(C)C(=O)OC(C)(C)C. The lowest BCUT2D eigenvalue weighted by Crippen LogP contribution is -2.35. The predicted molar refractivity (Wildman–Crippen MR) is 68.5 cm³/mol. The van der Waals surface area contributed by atoms with Gasteiger partial charge in [-0.1, -0.05) is 12.2 Å². The van der Waals surface area contributed by atoms with Crippen LogP contribution in [0, 0.1) is 0 Å². The van der Waals surface area contributed by atoms with Crippen molar-refractivity contribution in [3.8, 4) is 0 Å². The second kappa shape index (κ2) is 5.25. The van der Waals surface area contributed by atoms with E-state index >= 15 is 0 Å². The number of carbonyl (C=O) groups excluding carboxylic acids is 1. The zero-order valence-electron chi connectivity index (χ0n) is 11.3. The zero-order chi connectivity index (χ0) is 13.1. The predicted octanol–water partition coefficient (Wildman–Crippen LogP) is 2.63. The number of ether oxygens (including phenoxy) is 1. The van der Waals surface area contributed by atoms with Crippen molar-refractivity contribution in [2.24, 2.45) is 0 Å². The van der Waals surface area contributed by atoms with Crippen molar-refractivity contribution in [3.05, 3.63) is 23.5 Å². The molecule has 0 spiro atoms. The third-order valence-electron chi connectivity index (χ3n) is 2.43. The van der Waals surface area contributed by atoms with Crippen LogP contribution < -0.4 is 5.32 Å². The Bertz CT molecular complexity index is 351. The summed E-state index contributed by atoms with van der Waals surface area (Å²) < 4.78 is 5.34. The van der Waals surface area contributed by atoms with E-state index in [1.165, 1.54) is 0 Å². The summed E-state index contributed by atoms with van der Waals surface area (Å²) in [5.41, 5.74) is 1.39. The molecule has 0 saturated heterocycles. The van der Waals surface area contributed by atoms with Crippen molar-refractivity contribution in [1.82, 2.24) is 10.2 Å². The van der Waals surface area contributed by atoms with Gasteiger partial charge in [0.25, 0.3) is 0 Å². The molecule has 4 nitrogen and oxygen atoms in total. The van der Waals surface area contributed by atoms with Crippen molar-refractivity contribution in [2.75, 3.05) is 14.1 Å². The molecule has 0 fully saturated rings. The van der Waals surface area contributed by atoms with Crippen molar-refractivity contribution in [1.29, 1.82) is 0 Å². The van der Waals surface area contributed by atoms with Crippen LogP contribution in [0.4, 0.5) is 4.79 Å². The Hall–Kier alpha value is -1.45. The molecule has 0 bridgehead atoms. The number of nitrogens with one attached hydrogen (secondary N) is 1. The highest BCUT2D eigenvalue weighted by molar-refractivity contribution is 5.71. The van der Waals surface area contributed by atoms with E-state index < -0.39 is 5.60 Å². The quantitative estimate of drug-likeness (QED) is 0.804. The van der Waals surface area contributed by atoms with E-state index in [-0.39, 0.29) is 6.09 Å². The minimum atomic E-state index is -0.468. The topological polar surface area (TPSA) is 41.6 Å². The van der Waals surface area contributed by atoms with Gasteiger partial charge in [-0.2, -0.15) is 0 Å². The minimum Gasteiger partial charge on any atom is -0.443 e. The van der Waals surface area contributed by atoms with Crippen LogP contribution in [0.25, 0.3) is 0 Å². The number of carbonyl (C=O) groups is 1. The molecule has 4 heteroatoms. The van der Waals surface area contributed by atoms with Gasteiger partial charge in [-0.05, 0) is 33.6 Å². The Balaban J connectivity index is 2.76. The van der Waals surface area contributed by atoms with Gasteiger partial charge in [-0.15, -0.1) is 0 Å². The van der Waals surface area contributed by atoms with Crippen LogP contribution in [0.3, 0.4) is 0 Å². The Morgan fingerprint density at radius 2 is 1.94 bits per heavy atom. The van der Waals surface area contributed by atoms with Crippen molar-refractivity contribution < 1.29 is 9.53 Å². The Morgan fingerprint density at radius 1 is 1.35 bits per heavy atom. The van der Waals surface area contributed by atoms with E-state index in [1.807, 2.05) is 27.8 Å². The fraction of sp³-hybridized carbons (Fsp3) is 0.615. The van der Waals surface area contributed by atoms with Crippen molar-refractivity contribution >= 4 is 6.09 Å². The van der Waals surface area contributed by atoms with E-state index in [2.05, 4.69) is 17.5 Å². The lowest BCUT2D eigenvalue weighted by Gasteiger charge is -2.28. The summed E-state index contributed by atoms with van der Waals surface area (Å²) in [5.74, 6) is 0. The summed E-state index contributed by atoms with van der Waals surface area (Å²) in [4.78, 5) is 13.5. The summed E-state index contributed by atoms with van der Waals surface area (Å²) in [6.07, 6.45) is 5.77. The zero-order valence-corrected chi connectivity index (χ0v) is 11.3. The van der Waals surface area contributed by atoms with Gasteiger partial charge in [-0.3, -0.25) is 4.90 Å². The summed E-state index contributed by atoms with van der Waals surface area (Å²) >= 11 is 0. The van der Waals surface area contributed by atoms with Crippen LogP contribution in [0.2, 0.25) is 0 Å². The number of rotatable bonds is 2. The van der Waals surface area contributed by atoms with Gasteiger partial charge in [0.1, 0.15) is 5.60 Å². The average molecular weight is 238 g/mol. The number of hydrogen-bond donors (Lipinski definition) is 1. The molecule has 0 atom stereocenters. The number of nitrogens with zero attached hydrogens (tertiary/aromatic N) is 1. The van der Waals surface area contributed by atoms with Gasteiger partial charge in [0, 0.05) is 14.1 Å². The highest BCUT2D eigenvalue weighted by Crippen LogP contribution is 2.21. The maximum Gasteiger partial charge on any atom is 0.414 e. The molecule has 1 aliphatic rings. The van der Waals surface area contributed by atoms with E-state index in [1.54, 1.807) is 11.9 Å². The first-order valence-corrected chi connectivity index (χ1v) is 5.90. The second-order valence-corrected chi connectivity index (χ2v) is 5.07. The molecule has 0 aromatic heterocycles. The van der Waals surface area contributed by atoms with Gasteiger partial charge in [0.05, 0.1) is 11.4 Å². The molecule has 0 aromatic carbocycles. The summed E-state index contributed by atoms with van der Waals surface area (Å²) in [6.45, 7) is 5.59. The Kier molecular flexibility index (Phi) is 4.21. The molecule has 0 aliphatic heterocycles. The molecule has 1 rings (SSSR count). The van der Waals surface area contributed by atoms with Crippen LogP contribution in [-0.4, -0.2) is 30.7 Å². The van der Waals surface area contributed by atoms with Gasteiger partial charge >= 0.3 is 6.09 Å². The Morgan fingerprint density at radius 3 is 2.47 bits per heavy atom. The number of allylic oxidation sites excluding steroid dienone is 2. The van der Waals surface area contributed by atoms with E-state index in [0.717, 1.165) is 24.2 Å². The highest BCUT2D eigenvalue weighted by atomic mass is 16.6. The number of hydrogen-bond acceptors (Lipinski definition) is 3. The Labute approximate surface area is 103 Å². The summed E-state index contributed by atoms with van der Waals surface area (Å²) in [5, 5.41) is 3.10. The number of likely N-dealkylation sites (N-methyl/N-ethyl adjacent to an activating group) is 2. The molecule has 1 N–H and O–H groups in total. The molecule has 0 saturated carbocycles. The first-order chi connectivity index (χ1) is 7.85. The molecule has 0 radical (unpaired) electrons. The molecule has 17 heavy (non-hydrogen) atoms. The third kappa shape index (κ3) is 3.80. The van der Waals surface area contributed by atoms with Crippen LogP contribution in [0.15, 0.2) is 23.5 Å². The molecule has 0 unspecified atom stereocenters. The maximum absolute atomic E-state index is 11.9. The van der Waals surface area contributed by atoms with E-state index in [0.29, 0.717) is 0 Å². The van der Waals surface area contributed by atoms with Crippen LogP contribution in [0.5, 0.6) is 0 Å². The standard InChI is InChI=1S/C13H22N2O2/c1-13(2,3)17-12(16)15(5)11-9-7-6-8-10(11)14-4/h8-9,14H,6-7H2,1-5H3.